The van der Waals surface area contributed by atoms with Crippen molar-refractivity contribution in [2.45, 2.75) is 39.2 Å². The summed E-state index contributed by atoms with van der Waals surface area (Å²) in [5.41, 5.74) is -0.471. The highest BCUT2D eigenvalue weighted by Gasteiger charge is 2.39. The predicted octanol–water partition coefficient (Wildman–Crippen LogP) is 0.449. The zero-order valence-electron chi connectivity index (χ0n) is 8.72. The Labute approximate surface area is 83.1 Å². The zero-order valence-corrected chi connectivity index (χ0v) is 8.72. The topological polar surface area (TPSA) is 63.2 Å². The normalized spacial score (nSPS) is 25.8. The largest absolute Gasteiger partial charge is 0.350 e. The second-order valence-corrected chi connectivity index (χ2v) is 4.47. The predicted molar refractivity (Wildman–Crippen MR) is 50.6 cm³/mol. The summed E-state index contributed by atoms with van der Waals surface area (Å²) in [5, 5.41) is 2.73. The van der Waals surface area contributed by atoms with Crippen LogP contribution in [0.1, 0.15) is 33.6 Å². The van der Waals surface area contributed by atoms with Crippen LogP contribution >= 0.6 is 0 Å². The Kier molecular flexibility index (Phi) is 2.73. The molecule has 0 saturated carbocycles. The van der Waals surface area contributed by atoms with E-state index in [1.807, 2.05) is 0 Å². The maximum atomic E-state index is 11.5. The molecule has 0 unspecified atom stereocenters. The molecule has 0 aromatic heterocycles. The molecule has 78 valence electrons. The Morgan fingerprint density at radius 3 is 2.50 bits per heavy atom. The Morgan fingerprint density at radius 1 is 1.50 bits per heavy atom. The second kappa shape index (κ2) is 3.52. The van der Waals surface area contributed by atoms with Gasteiger partial charge in [-0.2, -0.15) is 0 Å². The highest BCUT2D eigenvalue weighted by atomic mass is 16.2. The highest BCUT2D eigenvalue weighted by molar-refractivity contribution is 6.06. The van der Waals surface area contributed by atoms with Crippen molar-refractivity contribution in [3.63, 3.8) is 0 Å². The van der Waals surface area contributed by atoms with Crippen LogP contribution in [0.15, 0.2) is 0 Å². The van der Waals surface area contributed by atoms with E-state index in [0.29, 0.717) is 6.42 Å². The summed E-state index contributed by atoms with van der Waals surface area (Å²) in [6, 6.07) is 0. The first-order valence-electron chi connectivity index (χ1n) is 4.66. The van der Waals surface area contributed by atoms with Gasteiger partial charge in [-0.1, -0.05) is 0 Å². The average molecular weight is 197 g/mol. The minimum absolute atomic E-state index is 0.0285. The van der Waals surface area contributed by atoms with E-state index in [0.717, 1.165) is 0 Å². The molecule has 0 aliphatic carbocycles. The van der Waals surface area contributed by atoms with Gasteiger partial charge in [0.1, 0.15) is 17.5 Å². The van der Waals surface area contributed by atoms with Gasteiger partial charge in [0.05, 0.1) is 0 Å². The highest BCUT2D eigenvalue weighted by Crippen LogP contribution is 2.22. The minimum atomic E-state index is -0.763. The average Bonchev–Trinajstić information content (AvgIpc) is 1.94. The lowest BCUT2D eigenvalue weighted by Gasteiger charge is -2.33. The first kappa shape index (κ1) is 10.9. The minimum Gasteiger partial charge on any atom is -0.350 e. The molecule has 1 aliphatic rings. The summed E-state index contributed by atoms with van der Waals surface area (Å²) in [5.74, 6) is -1.34. The van der Waals surface area contributed by atoms with Crippen LogP contribution in [0.3, 0.4) is 0 Å². The molecule has 4 nitrogen and oxygen atoms in total. The molecule has 1 fully saturated rings. The molecule has 1 aliphatic heterocycles. The van der Waals surface area contributed by atoms with Crippen LogP contribution in [0.25, 0.3) is 0 Å². The van der Waals surface area contributed by atoms with E-state index < -0.39 is 11.5 Å². The van der Waals surface area contributed by atoms with Crippen LogP contribution in [0.5, 0.6) is 0 Å². The van der Waals surface area contributed by atoms with Crippen molar-refractivity contribution >= 4 is 17.5 Å². The van der Waals surface area contributed by atoms with Gasteiger partial charge in [0, 0.05) is 18.4 Å². The maximum Gasteiger partial charge on any atom is 0.231 e. The van der Waals surface area contributed by atoms with E-state index in [1.54, 1.807) is 13.8 Å². The number of hydrogen-bond donors (Lipinski definition) is 1. The molecule has 1 heterocycles. The Bertz CT molecular complexity index is 274. The van der Waals surface area contributed by atoms with Crippen LogP contribution in [0.2, 0.25) is 0 Å². The molecule has 1 atom stereocenters. The smallest absolute Gasteiger partial charge is 0.231 e. The molecule has 0 bridgehead atoms. The Balaban J connectivity index is 2.76. The molecule has 1 saturated heterocycles. The van der Waals surface area contributed by atoms with Gasteiger partial charge >= 0.3 is 0 Å². The van der Waals surface area contributed by atoms with Gasteiger partial charge in [-0.15, -0.1) is 0 Å². The molecule has 1 N–H and O–H groups in total. The van der Waals surface area contributed by atoms with Crippen molar-refractivity contribution in [2.75, 3.05) is 0 Å². The quantitative estimate of drug-likeness (QED) is 0.654. The Hall–Kier alpha value is -1.19. The number of Topliss-reactive ketones (excluding diaryl/α,β-unsaturated/α-hetero) is 2. The van der Waals surface area contributed by atoms with Crippen molar-refractivity contribution in [3.8, 4) is 0 Å². The number of rotatable bonds is 2. The fourth-order valence-electron chi connectivity index (χ4n) is 1.66. The number of amides is 1. The van der Waals surface area contributed by atoms with E-state index in [2.05, 4.69) is 5.32 Å². The number of ketones is 2. The van der Waals surface area contributed by atoms with Crippen LogP contribution in [0, 0.1) is 5.92 Å². The van der Waals surface area contributed by atoms with Crippen LogP contribution in [-0.4, -0.2) is 23.0 Å². The summed E-state index contributed by atoms with van der Waals surface area (Å²) in [4.78, 5) is 33.8. The summed E-state index contributed by atoms with van der Waals surface area (Å²) < 4.78 is 0. The maximum absolute atomic E-state index is 11.5. The standard InChI is InChI=1S/C10H15NO3/c1-6(12)4-7-8(13)5-10(2,3)11-9(7)14/h7H,4-5H2,1-3H3,(H,11,14)/t7-/m1/s1. The van der Waals surface area contributed by atoms with Crippen LogP contribution < -0.4 is 5.32 Å². The number of piperidine rings is 1. The first-order chi connectivity index (χ1) is 6.32. The fraction of sp³-hybridized carbons (Fsp3) is 0.700. The fourth-order valence-corrected chi connectivity index (χ4v) is 1.66. The van der Waals surface area contributed by atoms with Crippen molar-refractivity contribution in [1.29, 1.82) is 0 Å². The van der Waals surface area contributed by atoms with Crippen LogP contribution in [0.4, 0.5) is 0 Å². The lowest BCUT2D eigenvalue weighted by atomic mass is 9.83. The molecule has 1 rings (SSSR count). The lowest BCUT2D eigenvalue weighted by Crippen LogP contribution is -2.55. The molecular formula is C10H15NO3. The summed E-state index contributed by atoms with van der Waals surface area (Å²) in [7, 11) is 0. The van der Waals surface area contributed by atoms with E-state index >= 15 is 0 Å². The molecule has 1 amide bonds. The summed E-state index contributed by atoms with van der Waals surface area (Å²) >= 11 is 0. The SMILES string of the molecule is CC(=O)C[C@@H]1C(=O)CC(C)(C)NC1=O. The molecule has 0 spiro atoms. The number of carbonyl (C=O) groups excluding carboxylic acids is 3. The number of nitrogens with one attached hydrogen (secondary N) is 1. The number of hydrogen-bond acceptors (Lipinski definition) is 3. The van der Waals surface area contributed by atoms with Crippen molar-refractivity contribution in [2.24, 2.45) is 5.92 Å². The second-order valence-electron chi connectivity index (χ2n) is 4.47. The van der Waals surface area contributed by atoms with E-state index in [1.165, 1.54) is 6.92 Å². The zero-order chi connectivity index (χ0) is 10.9. The van der Waals surface area contributed by atoms with Gasteiger partial charge < -0.3 is 5.32 Å². The van der Waals surface area contributed by atoms with Gasteiger partial charge in [-0.25, -0.2) is 0 Å². The van der Waals surface area contributed by atoms with Crippen molar-refractivity contribution in [3.05, 3.63) is 0 Å². The molecule has 0 aromatic rings. The van der Waals surface area contributed by atoms with E-state index in [4.69, 9.17) is 0 Å². The monoisotopic (exact) mass is 197 g/mol. The molecule has 0 radical (unpaired) electrons. The van der Waals surface area contributed by atoms with Gasteiger partial charge in [-0.05, 0) is 20.8 Å². The summed E-state index contributed by atoms with van der Waals surface area (Å²) in [6.07, 6.45) is 0.331. The van der Waals surface area contributed by atoms with Crippen molar-refractivity contribution < 1.29 is 14.4 Å². The van der Waals surface area contributed by atoms with Gasteiger partial charge in [0.15, 0.2) is 0 Å². The Morgan fingerprint density at radius 2 is 2.07 bits per heavy atom. The van der Waals surface area contributed by atoms with Crippen molar-refractivity contribution in [1.82, 2.24) is 5.32 Å². The van der Waals surface area contributed by atoms with Gasteiger partial charge in [0.2, 0.25) is 5.91 Å². The van der Waals surface area contributed by atoms with Crippen LogP contribution in [-0.2, 0) is 14.4 Å². The molecule has 4 heteroatoms. The molecule has 14 heavy (non-hydrogen) atoms. The van der Waals surface area contributed by atoms with E-state index in [9.17, 15) is 14.4 Å². The first-order valence-corrected chi connectivity index (χ1v) is 4.66. The van der Waals surface area contributed by atoms with Gasteiger partial charge in [-0.3, -0.25) is 14.4 Å². The third-order valence-electron chi connectivity index (χ3n) is 2.27. The molecule has 0 aromatic carbocycles. The number of carbonyl (C=O) groups is 3. The van der Waals surface area contributed by atoms with Gasteiger partial charge in [0.25, 0.3) is 0 Å². The lowest BCUT2D eigenvalue weighted by molar-refractivity contribution is -0.142. The molecular weight excluding hydrogens is 182 g/mol. The summed E-state index contributed by atoms with van der Waals surface area (Å²) in [6.45, 7) is 4.99. The van der Waals surface area contributed by atoms with E-state index in [-0.39, 0.29) is 23.9 Å². The third kappa shape index (κ3) is 2.40. The third-order valence-corrected chi connectivity index (χ3v) is 2.27.